The van der Waals surface area contributed by atoms with Crippen LogP contribution in [0, 0.1) is 0 Å². The first-order chi connectivity index (χ1) is 15.7. The molecule has 0 bridgehead atoms. The number of rotatable bonds is 4. The number of hydrogen-bond donors (Lipinski definition) is 1. The molecule has 0 atom stereocenters. The summed E-state index contributed by atoms with van der Waals surface area (Å²) >= 11 is 0. The van der Waals surface area contributed by atoms with Crippen molar-refractivity contribution in [2.45, 2.75) is 0 Å². The monoisotopic (exact) mass is 417 g/mol. The normalized spacial score (nSPS) is 10.9. The minimum atomic E-state index is -0.145. The molecule has 1 aromatic heterocycles. The van der Waals surface area contributed by atoms with Crippen molar-refractivity contribution < 1.29 is 4.79 Å². The summed E-state index contributed by atoms with van der Waals surface area (Å²) in [6.07, 6.45) is 1.65. The van der Waals surface area contributed by atoms with Crippen molar-refractivity contribution in [1.82, 2.24) is 4.98 Å². The number of nitrogens with one attached hydrogen (secondary N) is 1. The van der Waals surface area contributed by atoms with Crippen molar-refractivity contribution in [3.8, 4) is 11.1 Å². The lowest BCUT2D eigenvalue weighted by Gasteiger charge is -2.24. The molecule has 4 nitrogen and oxygen atoms in total. The van der Waals surface area contributed by atoms with E-state index in [4.69, 9.17) is 0 Å². The highest BCUT2D eigenvalue weighted by molar-refractivity contribution is 6.17. The zero-order valence-electron chi connectivity index (χ0n) is 18.0. The number of benzene rings is 4. The highest BCUT2D eigenvalue weighted by Gasteiger charge is 2.22. The first-order valence-corrected chi connectivity index (χ1v) is 10.6. The fourth-order valence-corrected chi connectivity index (χ4v) is 4.32. The SMILES string of the molecule is CNc1ccc2ccccc2c1-c1c(N(C)C(=O)c2ccccn2)ccc2ccccc12. The Morgan fingerprint density at radius 1 is 0.750 bits per heavy atom. The number of aromatic nitrogens is 1. The molecule has 32 heavy (non-hydrogen) atoms. The summed E-state index contributed by atoms with van der Waals surface area (Å²) in [5, 5.41) is 7.87. The molecule has 4 heteroatoms. The summed E-state index contributed by atoms with van der Waals surface area (Å²) in [5.74, 6) is -0.145. The largest absolute Gasteiger partial charge is 0.388 e. The number of anilines is 2. The Morgan fingerprint density at radius 3 is 2.03 bits per heavy atom. The van der Waals surface area contributed by atoms with Crippen LogP contribution >= 0.6 is 0 Å². The van der Waals surface area contributed by atoms with Crippen LogP contribution in [0.15, 0.2) is 97.2 Å². The predicted molar refractivity (Wildman–Crippen MR) is 133 cm³/mol. The second kappa shape index (κ2) is 8.16. The molecular weight excluding hydrogens is 394 g/mol. The minimum absolute atomic E-state index is 0.145. The van der Waals surface area contributed by atoms with Crippen molar-refractivity contribution in [2.24, 2.45) is 0 Å². The molecule has 0 saturated carbocycles. The number of pyridine rings is 1. The van der Waals surface area contributed by atoms with Crippen LogP contribution in [0.3, 0.4) is 0 Å². The Labute approximate surface area is 187 Å². The van der Waals surface area contributed by atoms with Crippen molar-refractivity contribution >= 4 is 38.8 Å². The molecule has 5 rings (SSSR count). The lowest BCUT2D eigenvalue weighted by atomic mass is 9.90. The van der Waals surface area contributed by atoms with Crippen molar-refractivity contribution in [3.05, 3.63) is 103 Å². The number of amides is 1. The summed E-state index contributed by atoms with van der Waals surface area (Å²) in [7, 11) is 3.75. The maximum Gasteiger partial charge on any atom is 0.276 e. The van der Waals surface area contributed by atoms with Crippen molar-refractivity contribution in [1.29, 1.82) is 0 Å². The van der Waals surface area contributed by atoms with E-state index in [9.17, 15) is 4.79 Å². The Kier molecular flexibility index (Phi) is 5.04. The van der Waals surface area contributed by atoms with E-state index in [-0.39, 0.29) is 5.91 Å². The predicted octanol–water partition coefficient (Wildman–Crippen LogP) is 6.37. The Bertz CT molecular complexity index is 1440. The molecule has 1 amide bonds. The van der Waals surface area contributed by atoms with Crippen LogP contribution in [0.5, 0.6) is 0 Å². The van der Waals surface area contributed by atoms with Gasteiger partial charge in [0.15, 0.2) is 0 Å². The third-order valence-electron chi connectivity index (χ3n) is 5.91. The summed E-state index contributed by atoms with van der Waals surface area (Å²) in [4.78, 5) is 19.3. The van der Waals surface area contributed by atoms with Crippen molar-refractivity contribution in [3.63, 3.8) is 0 Å². The number of carbonyl (C=O) groups is 1. The standard InChI is InChI=1S/C28H23N3O/c1-29-23-16-14-19-9-3-5-11-21(19)26(23)27-22-12-6-4-10-20(22)15-17-25(27)31(2)28(32)24-13-7-8-18-30-24/h3-18,29H,1-2H3. The number of carbonyl (C=O) groups excluding carboxylic acids is 1. The van der Waals surface area contributed by atoms with E-state index in [0.29, 0.717) is 5.69 Å². The third-order valence-corrected chi connectivity index (χ3v) is 5.91. The van der Waals surface area contributed by atoms with Gasteiger partial charge in [0.25, 0.3) is 5.91 Å². The van der Waals surface area contributed by atoms with Gasteiger partial charge in [0.1, 0.15) is 5.69 Å². The van der Waals surface area contributed by atoms with Gasteiger partial charge < -0.3 is 10.2 Å². The van der Waals surface area contributed by atoms with E-state index in [2.05, 4.69) is 58.8 Å². The molecule has 0 saturated heterocycles. The maximum absolute atomic E-state index is 13.3. The van der Waals surface area contributed by atoms with Crippen LogP contribution < -0.4 is 10.2 Å². The Balaban J connectivity index is 1.84. The van der Waals surface area contributed by atoms with Gasteiger partial charge in [-0.25, -0.2) is 0 Å². The molecule has 4 aromatic carbocycles. The molecule has 1 heterocycles. The molecule has 0 spiro atoms. The molecule has 0 aliphatic carbocycles. The van der Waals surface area contributed by atoms with Gasteiger partial charge >= 0.3 is 0 Å². The fourth-order valence-electron chi connectivity index (χ4n) is 4.32. The second-order valence-electron chi connectivity index (χ2n) is 7.72. The molecular formula is C28H23N3O. The van der Waals surface area contributed by atoms with Crippen LogP contribution in [0.1, 0.15) is 10.5 Å². The fraction of sp³-hybridized carbons (Fsp3) is 0.0714. The molecule has 1 N–H and O–H groups in total. The highest BCUT2D eigenvalue weighted by atomic mass is 16.2. The number of fused-ring (bicyclic) bond motifs is 2. The molecule has 0 fully saturated rings. The van der Waals surface area contributed by atoms with Crippen LogP contribution in [-0.2, 0) is 0 Å². The van der Waals surface area contributed by atoms with Crippen molar-refractivity contribution in [2.75, 3.05) is 24.3 Å². The molecule has 0 aliphatic heterocycles. The lowest BCUT2D eigenvalue weighted by Crippen LogP contribution is -2.27. The van der Waals surface area contributed by atoms with E-state index < -0.39 is 0 Å². The van der Waals surface area contributed by atoms with Crippen LogP contribution in [-0.4, -0.2) is 25.0 Å². The molecule has 0 aliphatic rings. The number of nitrogens with zero attached hydrogens (tertiary/aromatic N) is 2. The van der Waals surface area contributed by atoms with Gasteiger partial charge in [0.05, 0.1) is 5.69 Å². The highest BCUT2D eigenvalue weighted by Crippen LogP contribution is 2.44. The number of hydrogen-bond acceptors (Lipinski definition) is 3. The first kappa shape index (κ1) is 19.8. The van der Waals surface area contributed by atoms with Crippen LogP contribution in [0.2, 0.25) is 0 Å². The van der Waals surface area contributed by atoms with Gasteiger partial charge in [-0.2, -0.15) is 0 Å². The minimum Gasteiger partial charge on any atom is -0.388 e. The van der Waals surface area contributed by atoms with Gasteiger partial charge in [-0.3, -0.25) is 9.78 Å². The van der Waals surface area contributed by atoms with Gasteiger partial charge in [-0.1, -0.05) is 66.7 Å². The van der Waals surface area contributed by atoms with Gasteiger partial charge in [0, 0.05) is 37.1 Å². The third kappa shape index (κ3) is 3.26. The first-order valence-electron chi connectivity index (χ1n) is 10.6. The van der Waals surface area contributed by atoms with E-state index in [1.807, 2.05) is 50.5 Å². The average Bonchev–Trinajstić information content (AvgIpc) is 2.87. The zero-order chi connectivity index (χ0) is 22.1. The van der Waals surface area contributed by atoms with E-state index in [1.54, 1.807) is 17.2 Å². The van der Waals surface area contributed by atoms with E-state index in [1.165, 1.54) is 0 Å². The van der Waals surface area contributed by atoms with Crippen LogP contribution in [0.25, 0.3) is 32.7 Å². The van der Waals surface area contributed by atoms with E-state index >= 15 is 0 Å². The summed E-state index contributed by atoms with van der Waals surface area (Å²) in [6, 6.07) is 30.4. The summed E-state index contributed by atoms with van der Waals surface area (Å²) < 4.78 is 0. The Morgan fingerprint density at radius 2 is 1.38 bits per heavy atom. The molecule has 5 aromatic rings. The molecule has 0 unspecified atom stereocenters. The average molecular weight is 418 g/mol. The zero-order valence-corrected chi connectivity index (χ0v) is 18.0. The molecule has 0 radical (unpaired) electrons. The van der Waals surface area contributed by atoms with Gasteiger partial charge in [-0.05, 0) is 45.8 Å². The van der Waals surface area contributed by atoms with Gasteiger partial charge in [0.2, 0.25) is 0 Å². The smallest absolute Gasteiger partial charge is 0.276 e. The summed E-state index contributed by atoms with van der Waals surface area (Å²) in [6.45, 7) is 0. The lowest BCUT2D eigenvalue weighted by molar-refractivity contribution is 0.0988. The summed E-state index contributed by atoms with van der Waals surface area (Å²) in [5.41, 5.74) is 4.38. The Hall–Kier alpha value is -4.18. The topological polar surface area (TPSA) is 45.2 Å². The molecule has 156 valence electrons. The maximum atomic E-state index is 13.3. The van der Waals surface area contributed by atoms with Crippen LogP contribution in [0.4, 0.5) is 11.4 Å². The van der Waals surface area contributed by atoms with E-state index in [0.717, 1.165) is 44.0 Å². The van der Waals surface area contributed by atoms with Gasteiger partial charge in [-0.15, -0.1) is 0 Å². The second-order valence-corrected chi connectivity index (χ2v) is 7.72. The quantitative estimate of drug-likeness (QED) is 0.369.